The van der Waals surface area contributed by atoms with Crippen molar-refractivity contribution in [2.75, 3.05) is 33.3 Å². The maximum Gasteiger partial charge on any atom is 0.308 e. The molecule has 2 aromatic carbocycles. The second-order valence-electron chi connectivity index (χ2n) is 8.94. The lowest BCUT2D eigenvalue weighted by Crippen LogP contribution is -2.41. The molecule has 192 valence electrons. The fourth-order valence-corrected chi connectivity index (χ4v) is 4.38. The molecule has 2 heterocycles. The summed E-state index contributed by atoms with van der Waals surface area (Å²) in [6.45, 7) is 6.18. The van der Waals surface area contributed by atoms with Crippen LogP contribution < -0.4 is 4.74 Å². The third-order valence-corrected chi connectivity index (χ3v) is 6.25. The summed E-state index contributed by atoms with van der Waals surface area (Å²) in [5.74, 6) is 0.573. The number of aliphatic hydroxyl groups is 1. The average Bonchev–Trinajstić information content (AvgIpc) is 3.26. The van der Waals surface area contributed by atoms with E-state index in [9.17, 15) is 9.90 Å². The van der Waals surface area contributed by atoms with Crippen LogP contribution in [-0.2, 0) is 15.3 Å². The number of ether oxygens (including phenoxy) is 1. The Bertz CT molecular complexity index is 1310. The Morgan fingerprint density at radius 2 is 2.00 bits per heavy atom. The first-order chi connectivity index (χ1) is 17.2. The van der Waals surface area contributed by atoms with Gasteiger partial charge in [0.25, 0.3) is 5.91 Å². The second kappa shape index (κ2) is 12.6. The summed E-state index contributed by atoms with van der Waals surface area (Å²) in [4.78, 5) is 21.6. The van der Waals surface area contributed by atoms with Gasteiger partial charge in [0.1, 0.15) is 5.75 Å². The van der Waals surface area contributed by atoms with Crippen molar-refractivity contribution in [3.05, 3.63) is 71.4 Å². The van der Waals surface area contributed by atoms with Crippen molar-refractivity contribution in [1.82, 2.24) is 14.8 Å². The van der Waals surface area contributed by atoms with Gasteiger partial charge in [-0.05, 0) is 49.6 Å². The molecular weight excluding hydrogens is 480 g/mol. The molecule has 2 atom stereocenters. The van der Waals surface area contributed by atoms with E-state index < -0.39 is 10.5 Å². The first kappa shape index (κ1) is 27.3. The number of nitrogens with one attached hydrogen (secondary N) is 1. The summed E-state index contributed by atoms with van der Waals surface area (Å²) >= 11 is 0. The Kier molecular flexibility index (Phi) is 9.51. The number of nitrogens with zero attached hydrogens (tertiary/aromatic N) is 3. The molecule has 0 aliphatic carbocycles. The molecule has 36 heavy (non-hydrogen) atoms. The molecular formula is C26H32N4O5S. The highest BCUT2D eigenvalue weighted by Gasteiger charge is 2.28. The molecule has 1 aromatic heterocycles. The van der Waals surface area contributed by atoms with Crippen LogP contribution in [0.25, 0.3) is 10.9 Å². The van der Waals surface area contributed by atoms with Crippen molar-refractivity contribution < 1.29 is 23.1 Å². The minimum Gasteiger partial charge on any atom is -0.483 e. The van der Waals surface area contributed by atoms with Gasteiger partial charge >= 0.3 is 10.5 Å². The molecule has 0 radical (unpaired) electrons. The largest absolute Gasteiger partial charge is 0.483 e. The molecule has 1 aliphatic rings. The van der Waals surface area contributed by atoms with Gasteiger partial charge in [0.2, 0.25) is 0 Å². The maximum atomic E-state index is 13.2. The predicted molar refractivity (Wildman–Crippen MR) is 137 cm³/mol. The number of hydrogen-bond donors (Lipinski definition) is 2. The van der Waals surface area contributed by atoms with Gasteiger partial charge in [-0.2, -0.15) is 13.2 Å². The molecule has 1 unspecified atom stereocenters. The molecule has 0 bridgehead atoms. The van der Waals surface area contributed by atoms with Crippen molar-refractivity contribution >= 4 is 27.3 Å². The molecule has 1 fully saturated rings. The zero-order valence-corrected chi connectivity index (χ0v) is 21.5. The molecule has 0 saturated carbocycles. The van der Waals surface area contributed by atoms with Crippen molar-refractivity contribution in [2.24, 2.45) is 0 Å². The van der Waals surface area contributed by atoms with Crippen LogP contribution in [0.4, 0.5) is 0 Å². The molecule has 9 nitrogen and oxygen atoms in total. The van der Waals surface area contributed by atoms with E-state index in [1.807, 2.05) is 44.3 Å². The molecule has 1 aliphatic heterocycles. The fraction of sp³-hybridized carbons (Fsp3) is 0.385. The van der Waals surface area contributed by atoms with Crippen LogP contribution in [0.1, 0.15) is 29.2 Å². The van der Waals surface area contributed by atoms with Gasteiger partial charge in [-0.15, -0.1) is 0 Å². The Hall–Kier alpha value is -3.34. The van der Waals surface area contributed by atoms with E-state index in [4.69, 9.17) is 17.9 Å². The monoisotopic (exact) mass is 512 g/mol. The van der Waals surface area contributed by atoms with Crippen LogP contribution in [0.3, 0.4) is 0 Å². The number of aromatic nitrogens is 1. The minimum absolute atomic E-state index is 0.0471. The van der Waals surface area contributed by atoms with Crippen LogP contribution in [0.15, 0.2) is 54.7 Å². The van der Waals surface area contributed by atoms with Crippen LogP contribution >= 0.6 is 0 Å². The first-order valence-electron chi connectivity index (χ1n) is 11.7. The average molecular weight is 513 g/mol. The van der Waals surface area contributed by atoms with Crippen LogP contribution in [-0.4, -0.2) is 73.6 Å². The Morgan fingerprint density at radius 1 is 1.25 bits per heavy atom. The van der Waals surface area contributed by atoms with E-state index in [2.05, 4.69) is 35.0 Å². The topological polar surface area (TPSA) is 124 Å². The van der Waals surface area contributed by atoms with Gasteiger partial charge in [0.15, 0.2) is 6.61 Å². The number of amides is 1. The zero-order valence-electron chi connectivity index (χ0n) is 20.7. The second-order valence-corrected chi connectivity index (χ2v) is 9.41. The van der Waals surface area contributed by atoms with Gasteiger partial charge in [-0.1, -0.05) is 35.9 Å². The number of rotatable bonds is 7. The van der Waals surface area contributed by atoms with Crippen molar-refractivity contribution in [1.29, 1.82) is 4.78 Å². The normalized spacial score (nSPS) is 16.2. The summed E-state index contributed by atoms with van der Waals surface area (Å²) < 4.78 is 28.8. The van der Waals surface area contributed by atoms with Crippen molar-refractivity contribution in [2.45, 2.75) is 32.4 Å². The minimum atomic E-state index is -2.61. The van der Waals surface area contributed by atoms with Gasteiger partial charge in [0.05, 0.1) is 17.7 Å². The molecule has 4 rings (SSSR count). The lowest BCUT2D eigenvalue weighted by atomic mass is 10.0. The third kappa shape index (κ3) is 7.33. The number of β-amino-alcohol motifs (C(OH)–C–C–N with tert-alkyl or cyclic N) is 1. The number of carbonyl (C=O) groups is 1. The summed E-state index contributed by atoms with van der Waals surface area (Å²) in [6.07, 6.45) is 2.25. The Balaban J connectivity index is 0.000000840. The van der Waals surface area contributed by atoms with E-state index in [1.165, 1.54) is 0 Å². The van der Waals surface area contributed by atoms with Crippen LogP contribution in [0.5, 0.6) is 5.75 Å². The summed E-state index contributed by atoms with van der Waals surface area (Å²) in [6, 6.07) is 15.9. The Labute approximate surface area is 212 Å². The molecule has 0 spiro atoms. The number of carbonyl (C=O) groups excluding carboxylic acids is 1. The predicted octanol–water partition coefficient (Wildman–Crippen LogP) is 3.12. The smallest absolute Gasteiger partial charge is 0.308 e. The lowest BCUT2D eigenvalue weighted by Gasteiger charge is -2.32. The van der Waals surface area contributed by atoms with E-state index in [-0.39, 0.29) is 24.7 Å². The van der Waals surface area contributed by atoms with Crippen LogP contribution in [0.2, 0.25) is 0 Å². The number of hydrogen-bond acceptors (Lipinski definition) is 8. The molecule has 1 amide bonds. The van der Waals surface area contributed by atoms with E-state index in [1.54, 1.807) is 11.1 Å². The van der Waals surface area contributed by atoms with Crippen molar-refractivity contribution in [3.63, 3.8) is 0 Å². The van der Waals surface area contributed by atoms with Gasteiger partial charge in [0, 0.05) is 38.3 Å². The quantitative estimate of drug-likeness (QED) is 0.498. The standard InChI is InChI=1S/C26H31N3O3.HNO2S/c1-18-6-4-7-20(14-18)23(16-29-13-11-21(30)15-29)28(3)25(31)17-32-24-10-9-19(2)26-22(24)8-5-12-27-26;1-4(2)3/h4-10,12,14,21,23,30H,11,13,15-17H2,1-3H3;1H/t21-,23?;/m0./s1. The van der Waals surface area contributed by atoms with Gasteiger partial charge < -0.3 is 14.7 Å². The van der Waals surface area contributed by atoms with Crippen LogP contribution in [0, 0.1) is 18.6 Å². The van der Waals surface area contributed by atoms with E-state index in [0.29, 0.717) is 18.8 Å². The lowest BCUT2D eigenvalue weighted by molar-refractivity contribution is -0.134. The van der Waals surface area contributed by atoms with E-state index in [0.717, 1.165) is 40.6 Å². The number of pyridine rings is 1. The fourth-order valence-electron chi connectivity index (χ4n) is 4.38. The van der Waals surface area contributed by atoms with Gasteiger partial charge in [-0.25, -0.2) is 0 Å². The molecule has 1 saturated heterocycles. The maximum absolute atomic E-state index is 13.2. The highest BCUT2D eigenvalue weighted by atomic mass is 32.2. The number of fused-ring (bicyclic) bond motifs is 1. The summed E-state index contributed by atoms with van der Waals surface area (Å²) in [5, 5.41) is 10.9. The SMILES string of the molecule is Cc1cccc(C(CN2CC[C@H](O)C2)N(C)C(=O)COc2ccc(C)c3ncccc23)c1.N=S(=O)=O. The van der Waals surface area contributed by atoms with Gasteiger partial charge in [-0.3, -0.25) is 14.7 Å². The van der Waals surface area contributed by atoms with Crippen molar-refractivity contribution in [3.8, 4) is 5.75 Å². The highest BCUT2D eigenvalue weighted by Crippen LogP contribution is 2.28. The number of likely N-dealkylation sites (tertiary alicyclic amines) is 1. The first-order valence-corrected chi connectivity index (χ1v) is 12.7. The Morgan fingerprint density at radius 3 is 2.67 bits per heavy atom. The number of aryl methyl sites for hydroxylation is 2. The third-order valence-electron chi connectivity index (χ3n) is 6.25. The number of benzene rings is 2. The zero-order chi connectivity index (χ0) is 26.2. The summed E-state index contributed by atoms with van der Waals surface area (Å²) in [5.41, 5.74) is 4.21. The van der Waals surface area contributed by atoms with E-state index >= 15 is 0 Å². The number of aliphatic hydroxyl groups excluding tert-OH is 1. The molecule has 3 aromatic rings. The molecule has 10 heteroatoms. The highest BCUT2D eigenvalue weighted by molar-refractivity contribution is 7.60. The molecule has 2 N–H and O–H groups in total. The number of likely N-dealkylation sites (N-methyl/N-ethyl adjacent to an activating group) is 1. The summed E-state index contributed by atoms with van der Waals surface area (Å²) in [7, 11) is -0.778.